The number of benzene rings is 2. The first-order valence-corrected chi connectivity index (χ1v) is 10.5. The number of amides is 1. The van der Waals surface area contributed by atoms with Crippen molar-refractivity contribution in [1.29, 1.82) is 0 Å². The van der Waals surface area contributed by atoms with E-state index in [1.54, 1.807) is 18.0 Å². The number of fused-ring (bicyclic) bond motifs is 2. The second kappa shape index (κ2) is 8.80. The van der Waals surface area contributed by atoms with Gasteiger partial charge in [0.1, 0.15) is 0 Å². The third kappa shape index (κ3) is 4.48. The number of azo groups is 1. The highest BCUT2D eigenvalue weighted by atomic mass is 16.3. The molecule has 1 aliphatic rings. The second-order valence-electron chi connectivity index (χ2n) is 8.34. The summed E-state index contributed by atoms with van der Waals surface area (Å²) in [6.07, 6.45) is 5.17. The minimum Gasteiger partial charge on any atom is -0.494 e. The Morgan fingerprint density at radius 2 is 1.91 bits per heavy atom. The number of likely N-dealkylation sites (N-methyl/N-ethyl adjacent to an activating group) is 2. The monoisotopic (exact) mass is 429 g/mol. The van der Waals surface area contributed by atoms with Crippen LogP contribution in [0.4, 0.5) is 5.69 Å². The Kier molecular flexibility index (Phi) is 5.92. The van der Waals surface area contributed by atoms with Gasteiger partial charge >= 0.3 is 0 Å². The average Bonchev–Trinajstić information content (AvgIpc) is 3.30. The third-order valence-electron chi connectivity index (χ3n) is 5.49. The molecule has 32 heavy (non-hydrogen) atoms. The van der Waals surface area contributed by atoms with Crippen LogP contribution in [0.5, 0.6) is 5.88 Å². The first-order chi connectivity index (χ1) is 15.3. The zero-order valence-electron chi connectivity index (χ0n) is 18.8. The van der Waals surface area contributed by atoms with Crippen LogP contribution in [0.3, 0.4) is 0 Å². The smallest absolute Gasteiger partial charge is 0.246 e. The highest BCUT2D eigenvalue weighted by molar-refractivity contribution is 5.92. The van der Waals surface area contributed by atoms with E-state index in [4.69, 9.17) is 0 Å². The number of nitrogens with one attached hydrogen (secondary N) is 1. The molecular formula is C25H27N5O2. The standard InChI is InChI=1S/C25H27N5O2/c1-16-5-8-21-19(13-16)20(25(32)26-21)14-17-6-7-18-22(27-28-23(18)15-17)9-10-24(31)30(4)12-11-29(2)3/h5-10,13-15,26,32H,11-12H2,1-4H3. The molecule has 2 aromatic carbocycles. The van der Waals surface area contributed by atoms with Gasteiger partial charge in [0, 0.05) is 47.9 Å². The third-order valence-corrected chi connectivity index (χ3v) is 5.49. The topological polar surface area (TPSA) is 84.3 Å². The zero-order valence-corrected chi connectivity index (χ0v) is 18.8. The summed E-state index contributed by atoms with van der Waals surface area (Å²) < 4.78 is 0. The molecule has 1 aromatic heterocycles. The van der Waals surface area contributed by atoms with Crippen molar-refractivity contribution < 1.29 is 9.90 Å². The summed E-state index contributed by atoms with van der Waals surface area (Å²) in [5.74, 6) is 0.0675. The van der Waals surface area contributed by atoms with Crippen LogP contribution >= 0.6 is 0 Å². The number of hydrogen-bond acceptors (Lipinski definition) is 5. The lowest BCUT2D eigenvalue weighted by molar-refractivity contribution is -0.124. The van der Waals surface area contributed by atoms with E-state index in [1.165, 1.54) is 6.08 Å². The van der Waals surface area contributed by atoms with Crippen LogP contribution in [-0.2, 0) is 4.79 Å². The summed E-state index contributed by atoms with van der Waals surface area (Å²) in [4.78, 5) is 19.1. The highest BCUT2D eigenvalue weighted by Crippen LogP contribution is 2.28. The Balaban J connectivity index is 1.62. The number of aromatic nitrogens is 1. The fourth-order valence-corrected chi connectivity index (χ4v) is 3.59. The second-order valence-corrected chi connectivity index (χ2v) is 8.34. The minimum absolute atomic E-state index is 0.0712. The molecule has 1 aliphatic heterocycles. The molecule has 1 amide bonds. The Morgan fingerprint density at radius 3 is 2.69 bits per heavy atom. The van der Waals surface area contributed by atoms with Gasteiger partial charge in [0.05, 0.1) is 11.4 Å². The number of carbonyl (C=O) groups is 1. The predicted octanol–water partition coefficient (Wildman–Crippen LogP) is 2.79. The summed E-state index contributed by atoms with van der Waals surface area (Å²) in [6, 6.07) is 11.9. The van der Waals surface area contributed by atoms with Crippen molar-refractivity contribution in [3.63, 3.8) is 0 Å². The lowest BCUT2D eigenvalue weighted by Gasteiger charge is -2.17. The van der Waals surface area contributed by atoms with Crippen LogP contribution in [0.15, 0.2) is 58.8 Å². The summed E-state index contributed by atoms with van der Waals surface area (Å²) in [6.45, 7) is 3.49. The number of H-pyrrole nitrogens is 1. The molecule has 0 saturated heterocycles. The van der Waals surface area contributed by atoms with Gasteiger partial charge in [-0.3, -0.25) is 4.79 Å². The lowest BCUT2D eigenvalue weighted by Crippen LogP contribution is -2.32. The molecule has 0 atom stereocenters. The largest absolute Gasteiger partial charge is 0.494 e. The summed E-state index contributed by atoms with van der Waals surface area (Å²) in [5, 5.41) is 21.6. The van der Waals surface area contributed by atoms with Crippen LogP contribution in [0, 0.1) is 6.92 Å². The summed E-state index contributed by atoms with van der Waals surface area (Å²) in [7, 11) is 5.74. The van der Waals surface area contributed by atoms with Crippen molar-refractivity contribution in [3.05, 3.63) is 70.1 Å². The van der Waals surface area contributed by atoms with Gasteiger partial charge < -0.3 is 19.9 Å². The van der Waals surface area contributed by atoms with Gasteiger partial charge in [0.15, 0.2) is 5.88 Å². The van der Waals surface area contributed by atoms with E-state index < -0.39 is 0 Å². The van der Waals surface area contributed by atoms with E-state index in [2.05, 4.69) is 15.2 Å². The van der Waals surface area contributed by atoms with Gasteiger partial charge in [-0.1, -0.05) is 17.7 Å². The van der Waals surface area contributed by atoms with E-state index in [9.17, 15) is 9.90 Å². The number of nitrogens with zero attached hydrogens (tertiary/aromatic N) is 4. The molecule has 0 unspecified atom stereocenters. The first kappa shape index (κ1) is 21.5. The molecule has 2 N–H and O–H groups in total. The number of aromatic hydroxyl groups is 1. The van der Waals surface area contributed by atoms with Gasteiger partial charge in [0.2, 0.25) is 5.91 Å². The van der Waals surface area contributed by atoms with Gasteiger partial charge in [-0.05, 0) is 62.7 Å². The summed E-state index contributed by atoms with van der Waals surface area (Å²) >= 11 is 0. The van der Waals surface area contributed by atoms with E-state index in [0.717, 1.165) is 44.7 Å². The molecule has 7 heteroatoms. The van der Waals surface area contributed by atoms with Crippen LogP contribution in [0.2, 0.25) is 0 Å². The van der Waals surface area contributed by atoms with Crippen molar-refractivity contribution in [2.75, 3.05) is 34.2 Å². The Bertz CT molecular complexity index is 1360. The maximum atomic E-state index is 12.3. The van der Waals surface area contributed by atoms with Crippen molar-refractivity contribution in [2.45, 2.75) is 6.92 Å². The molecule has 7 nitrogen and oxygen atoms in total. The van der Waals surface area contributed by atoms with E-state index in [-0.39, 0.29) is 11.8 Å². The Morgan fingerprint density at radius 1 is 1.09 bits per heavy atom. The molecule has 0 bridgehead atoms. The van der Waals surface area contributed by atoms with E-state index in [0.29, 0.717) is 12.2 Å². The first-order valence-electron chi connectivity index (χ1n) is 10.5. The van der Waals surface area contributed by atoms with Crippen LogP contribution in [0.25, 0.3) is 22.7 Å². The van der Waals surface area contributed by atoms with Gasteiger partial charge in [-0.15, -0.1) is 10.2 Å². The van der Waals surface area contributed by atoms with Crippen LogP contribution in [0.1, 0.15) is 11.1 Å². The van der Waals surface area contributed by atoms with Crippen LogP contribution in [-0.4, -0.2) is 60.0 Å². The molecule has 0 spiro atoms. The van der Waals surface area contributed by atoms with E-state index >= 15 is 0 Å². The molecule has 0 radical (unpaired) electrons. The number of aromatic amines is 1. The Hall–Kier alpha value is -3.71. The molecule has 2 heterocycles. The lowest BCUT2D eigenvalue weighted by atomic mass is 10.1. The van der Waals surface area contributed by atoms with Gasteiger partial charge in [-0.2, -0.15) is 0 Å². The molecular weight excluding hydrogens is 402 g/mol. The maximum Gasteiger partial charge on any atom is 0.246 e. The summed E-state index contributed by atoms with van der Waals surface area (Å²) in [5.41, 5.74) is 4.16. The maximum absolute atomic E-state index is 12.3. The highest BCUT2D eigenvalue weighted by Gasteiger charge is 2.11. The minimum atomic E-state index is -0.0712. The predicted molar refractivity (Wildman–Crippen MR) is 127 cm³/mol. The van der Waals surface area contributed by atoms with Gasteiger partial charge in [-0.25, -0.2) is 0 Å². The quantitative estimate of drug-likeness (QED) is 0.591. The molecule has 164 valence electrons. The fourth-order valence-electron chi connectivity index (χ4n) is 3.59. The Labute approximate surface area is 186 Å². The normalized spacial score (nSPS) is 13.7. The number of hydrogen-bond donors (Lipinski definition) is 2. The van der Waals surface area contributed by atoms with E-state index in [1.807, 2.05) is 68.4 Å². The van der Waals surface area contributed by atoms with Crippen molar-refractivity contribution in [2.24, 2.45) is 10.2 Å². The number of carbonyl (C=O) groups excluding carboxylic acids is 1. The average molecular weight is 430 g/mol. The van der Waals surface area contributed by atoms with Crippen LogP contribution < -0.4 is 10.4 Å². The fraction of sp³-hybridized carbons (Fsp3) is 0.240. The van der Waals surface area contributed by atoms with Crippen molar-refractivity contribution in [1.82, 2.24) is 14.8 Å². The van der Waals surface area contributed by atoms with Crippen molar-refractivity contribution in [3.8, 4) is 5.88 Å². The molecule has 0 aliphatic carbocycles. The molecule has 4 rings (SSSR count). The van der Waals surface area contributed by atoms with Crippen molar-refractivity contribution >= 4 is 34.3 Å². The SMILES string of the molecule is Cc1ccc2[nH]c(O)c(C=c3ccc4c(c3)N=NC=4C=CC(=O)N(C)CCN(C)C)c2c1. The molecule has 0 fully saturated rings. The molecule has 3 aromatic rings. The number of rotatable bonds is 6. The number of aryl methyl sites for hydroxylation is 1. The molecule has 0 saturated carbocycles. The van der Waals surface area contributed by atoms with Gasteiger partial charge in [0.25, 0.3) is 0 Å². The zero-order chi connectivity index (χ0) is 22.8.